The summed E-state index contributed by atoms with van der Waals surface area (Å²) in [5.74, 6) is 1.60. The molecule has 0 N–H and O–H groups in total. The fourth-order valence-corrected chi connectivity index (χ4v) is 2.50. The van der Waals surface area contributed by atoms with E-state index in [2.05, 4.69) is 28.1 Å². The van der Waals surface area contributed by atoms with Gasteiger partial charge in [-0.05, 0) is 38.2 Å². The van der Waals surface area contributed by atoms with Crippen LogP contribution in [-0.2, 0) is 0 Å². The van der Waals surface area contributed by atoms with Crippen molar-refractivity contribution in [2.45, 2.75) is 40.0 Å². The molecular formula is C14H20N4. The predicted octanol–water partition coefficient (Wildman–Crippen LogP) is 2.59. The molecule has 0 aliphatic carbocycles. The van der Waals surface area contributed by atoms with Crippen LogP contribution in [0, 0.1) is 31.1 Å². The van der Waals surface area contributed by atoms with Gasteiger partial charge in [0.15, 0.2) is 5.82 Å². The average Bonchev–Trinajstić information content (AvgIpc) is 2.42. The second-order valence-electron chi connectivity index (χ2n) is 5.06. The molecule has 0 bridgehead atoms. The Labute approximate surface area is 109 Å². The Morgan fingerprint density at radius 3 is 2.50 bits per heavy atom. The van der Waals surface area contributed by atoms with E-state index in [0.29, 0.717) is 5.56 Å². The molecule has 1 aromatic rings. The molecule has 1 fully saturated rings. The van der Waals surface area contributed by atoms with Crippen LogP contribution in [0.3, 0.4) is 0 Å². The van der Waals surface area contributed by atoms with E-state index in [9.17, 15) is 5.26 Å². The summed E-state index contributed by atoms with van der Waals surface area (Å²) in [6.45, 7) is 8.08. The van der Waals surface area contributed by atoms with Gasteiger partial charge in [0.2, 0.25) is 0 Å². The highest BCUT2D eigenvalue weighted by Gasteiger charge is 2.22. The zero-order valence-electron chi connectivity index (χ0n) is 11.4. The fraction of sp³-hybridized carbons (Fsp3) is 0.643. The molecule has 1 saturated heterocycles. The topological polar surface area (TPSA) is 52.8 Å². The maximum absolute atomic E-state index is 9.31. The van der Waals surface area contributed by atoms with Gasteiger partial charge in [-0.25, -0.2) is 0 Å². The van der Waals surface area contributed by atoms with E-state index in [4.69, 9.17) is 0 Å². The van der Waals surface area contributed by atoms with Gasteiger partial charge in [-0.2, -0.15) is 10.4 Å². The van der Waals surface area contributed by atoms with Crippen molar-refractivity contribution in [2.75, 3.05) is 18.0 Å². The summed E-state index contributed by atoms with van der Waals surface area (Å²) in [5, 5.41) is 17.7. The smallest absolute Gasteiger partial charge is 0.169 e. The molecule has 0 saturated carbocycles. The van der Waals surface area contributed by atoms with E-state index in [0.717, 1.165) is 36.1 Å². The number of rotatable bonds is 2. The van der Waals surface area contributed by atoms with Crippen molar-refractivity contribution in [3.05, 3.63) is 16.8 Å². The van der Waals surface area contributed by atoms with Crippen molar-refractivity contribution in [1.82, 2.24) is 10.2 Å². The lowest BCUT2D eigenvalue weighted by atomic mass is 9.94. The Bertz CT molecular complexity index is 467. The minimum atomic E-state index is 0.692. The first-order valence-corrected chi connectivity index (χ1v) is 6.66. The Kier molecular flexibility index (Phi) is 3.81. The maximum atomic E-state index is 9.31. The standard InChI is InChI=1S/C14H20N4/c1-4-12-5-7-18(8-6-12)14-13(9-15)10(2)11(3)16-17-14/h12H,4-8H2,1-3H3. The summed E-state index contributed by atoms with van der Waals surface area (Å²) >= 11 is 0. The largest absolute Gasteiger partial charge is 0.354 e. The fourth-order valence-electron chi connectivity index (χ4n) is 2.50. The van der Waals surface area contributed by atoms with E-state index in [-0.39, 0.29) is 0 Å². The van der Waals surface area contributed by atoms with Gasteiger partial charge >= 0.3 is 0 Å². The van der Waals surface area contributed by atoms with Crippen LogP contribution in [0.1, 0.15) is 43.0 Å². The molecule has 4 nitrogen and oxygen atoms in total. The van der Waals surface area contributed by atoms with E-state index < -0.39 is 0 Å². The SMILES string of the molecule is CCC1CCN(c2nnc(C)c(C)c2C#N)CC1. The number of anilines is 1. The number of nitrogens with zero attached hydrogens (tertiary/aromatic N) is 4. The van der Waals surface area contributed by atoms with E-state index in [1.807, 2.05) is 13.8 Å². The van der Waals surface area contributed by atoms with Crippen molar-refractivity contribution in [3.8, 4) is 6.07 Å². The van der Waals surface area contributed by atoms with Gasteiger partial charge in [-0.15, -0.1) is 5.10 Å². The van der Waals surface area contributed by atoms with Crippen LogP contribution in [0.4, 0.5) is 5.82 Å². The van der Waals surface area contributed by atoms with Gasteiger partial charge in [0.25, 0.3) is 0 Å². The number of aryl methyl sites for hydroxylation is 1. The molecule has 2 heterocycles. The number of hydrogen-bond acceptors (Lipinski definition) is 4. The molecule has 4 heteroatoms. The summed E-state index contributed by atoms with van der Waals surface area (Å²) in [6, 6.07) is 2.28. The number of piperidine rings is 1. The monoisotopic (exact) mass is 244 g/mol. The zero-order valence-corrected chi connectivity index (χ0v) is 11.4. The van der Waals surface area contributed by atoms with Crippen LogP contribution in [0.25, 0.3) is 0 Å². The first kappa shape index (κ1) is 12.8. The number of aromatic nitrogens is 2. The lowest BCUT2D eigenvalue weighted by molar-refractivity contribution is 0.393. The summed E-state index contributed by atoms with van der Waals surface area (Å²) in [6.07, 6.45) is 3.63. The highest BCUT2D eigenvalue weighted by Crippen LogP contribution is 2.27. The third-order valence-corrected chi connectivity index (χ3v) is 4.04. The molecule has 0 spiro atoms. The van der Waals surface area contributed by atoms with E-state index in [1.54, 1.807) is 0 Å². The quantitative estimate of drug-likeness (QED) is 0.802. The van der Waals surface area contributed by atoms with Crippen LogP contribution in [0.5, 0.6) is 0 Å². The first-order chi connectivity index (χ1) is 8.67. The van der Waals surface area contributed by atoms with Gasteiger partial charge < -0.3 is 4.90 Å². The van der Waals surface area contributed by atoms with Gasteiger partial charge in [0.05, 0.1) is 5.69 Å². The first-order valence-electron chi connectivity index (χ1n) is 6.66. The van der Waals surface area contributed by atoms with Crippen molar-refractivity contribution in [3.63, 3.8) is 0 Å². The van der Waals surface area contributed by atoms with Gasteiger partial charge in [0.1, 0.15) is 11.6 Å². The van der Waals surface area contributed by atoms with Crippen LogP contribution in [0.15, 0.2) is 0 Å². The normalized spacial score (nSPS) is 16.7. The van der Waals surface area contributed by atoms with Crippen molar-refractivity contribution >= 4 is 5.82 Å². The summed E-state index contributed by atoms with van der Waals surface area (Å²) < 4.78 is 0. The van der Waals surface area contributed by atoms with Crippen molar-refractivity contribution < 1.29 is 0 Å². The lowest BCUT2D eigenvalue weighted by Gasteiger charge is -2.32. The molecule has 1 aliphatic heterocycles. The van der Waals surface area contributed by atoms with E-state index >= 15 is 0 Å². The van der Waals surface area contributed by atoms with Gasteiger partial charge in [-0.1, -0.05) is 13.3 Å². The molecule has 0 amide bonds. The summed E-state index contributed by atoms with van der Waals surface area (Å²) in [5.41, 5.74) is 2.50. The van der Waals surface area contributed by atoms with Crippen LogP contribution in [-0.4, -0.2) is 23.3 Å². The molecule has 0 unspecified atom stereocenters. The zero-order chi connectivity index (χ0) is 13.1. The third kappa shape index (κ3) is 2.31. The van der Waals surface area contributed by atoms with Crippen molar-refractivity contribution in [1.29, 1.82) is 5.26 Å². The molecular weight excluding hydrogens is 224 g/mol. The van der Waals surface area contributed by atoms with Crippen molar-refractivity contribution in [2.24, 2.45) is 5.92 Å². The molecule has 0 aromatic carbocycles. The van der Waals surface area contributed by atoms with Crippen LogP contribution in [0.2, 0.25) is 0 Å². The second kappa shape index (κ2) is 5.34. The number of nitriles is 1. The Hall–Kier alpha value is -1.63. The minimum Gasteiger partial charge on any atom is -0.354 e. The maximum Gasteiger partial charge on any atom is 0.169 e. The van der Waals surface area contributed by atoms with Crippen LogP contribution >= 0.6 is 0 Å². The Morgan fingerprint density at radius 1 is 1.28 bits per heavy atom. The highest BCUT2D eigenvalue weighted by atomic mass is 15.3. The third-order valence-electron chi connectivity index (χ3n) is 4.04. The highest BCUT2D eigenvalue weighted by molar-refractivity contribution is 5.57. The molecule has 96 valence electrons. The summed E-state index contributed by atoms with van der Waals surface area (Å²) in [4.78, 5) is 2.21. The van der Waals surface area contributed by atoms with E-state index in [1.165, 1.54) is 19.3 Å². The molecule has 0 radical (unpaired) electrons. The molecule has 2 rings (SSSR count). The molecule has 18 heavy (non-hydrogen) atoms. The Morgan fingerprint density at radius 2 is 1.94 bits per heavy atom. The summed E-state index contributed by atoms with van der Waals surface area (Å²) in [7, 11) is 0. The van der Waals surface area contributed by atoms with Crippen LogP contribution < -0.4 is 4.90 Å². The lowest BCUT2D eigenvalue weighted by Crippen LogP contribution is -2.35. The molecule has 0 atom stereocenters. The average molecular weight is 244 g/mol. The minimum absolute atomic E-state index is 0.692. The molecule has 1 aliphatic rings. The van der Waals surface area contributed by atoms with Gasteiger partial charge in [0, 0.05) is 13.1 Å². The van der Waals surface area contributed by atoms with Gasteiger partial charge in [-0.3, -0.25) is 0 Å². The molecule has 1 aromatic heterocycles. The predicted molar refractivity (Wildman–Crippen MR) is 71.4 cm³/mol. The number of hydrogen-bond donors (Lipinski definition) is 0. The second-order valence-corrected chi connectivity index (χ2v) is 5.06. The Balaban J connectivity index is 2.25.